The molecule has 0 saturated heterocycles. The van der Waals surface area contributed by atoms with E-state index in [1.807, 2.05) is 0 Å². The van der Waals surface area contributed by atoms with E-state index >= 15 is 0 Å². The molecule has 0 bridgehead atoms. The van der Waals surface area contributed by atoms with Crippen molar-refractivity contribution in [3.05, 3.63) is 229 Å². The Kier molecular flexibility index (Phi) is 8.80. The summed E-state index contributed by atoms with van der Waals surface area (Å²) in [4.78, 5) is 15.6. The number of para-hydroxylation sites is 4. The average molecular weight is 799 g/mol. The number of aromatic nitrogens is 2. The monoisotopic (exact) mass is 798 g/mol. The molecule has 0 atom stereocenters. The molecule has 3 heterocycles. The van der Waals surface area contributed by atoms with Crippen molar-refractivity contribution in [2.45, 2.75) is 38.5 Å². The molecule has 0 amide bonds. The van der Waals surface area contributed by atoms with Gasteiger partial charge in [-0.25, -0.2) is 9.97 Å². The number of hydrogen-bond acceptors (Lipinski definition) is 4. The van der Waals surface area contributed by atoms with E-state index in [9.17, 15) is 0 Å². The summed E-state index contributed by atoms with van der Waals surface area (Å²) in [5.74, 6) is 0.679. The molecule has 1 aromatic heterocycles. The maximum Gasteiger partial charge on any atom is 0.160 e. The van der Waals surface area contributed by atoms with Crippen LogP contribution in [0.5, 0.6) is 0 Å². The van der Waals surface area contributed by atoms with E-state index in [1.165, 1.54) is 50.6 Å². The lowest BCUT2D eigenvalue weighted by Gasteiger charge is -2.43. The maximum atomic E-state index is 5.45. The lowest BCUT2D eigenvalue weighted by molar-refractivity contribution is 0.631. The normalized spacial score (nSPS) is 14.3. The first-order valence-electron chi connectivity index (χ1n) is 21.5. The molecule has 0 aliphatic carbocycles. The molecule has 2 aliphatic heterocycles. The Hall–Kier alpha value is -7.56. The summed E-state index contributed by atoms with van der Waals surface area (Å²) in [6.07, 6.45) is 0. The van der Waals surface area contributed by atoms with E-state index in [2.05, 4.69) is 244 Å². The Morgan fingerprint density at radius 2 is 0.645 bits per heavy atom. The smallest absolute Gasteiger partial charge is 0.160 e. The van der Waals surface area contributed by atoms with Crippen molar-refractivity contribution in [2.75, 3.05) is 9.80 Å². The van der Waals surface area contributed by atoms with Crippen LogP contribution in [-0.4, -0.2) is 9.97 Å². The van der Waals surface area contributed by atoms with E-state index < -0.39 is 0 Å². The van der Waals surface area contributed by atoms with Crippen LogP contribution in [0.4, 0.5) is 34.1 Å². The summed E-state index contributed by atoms with van der Waals surface area (Å²) in [6, 6.07) is 74.2. The highest BCUT2D eigenvalue weighted by Gasteiger charge is 2.39. The van der Waals surface area contributed by atoms with Crippen LogP contribution in [0.1, 0.15) is 49.9 Å². The van der Waals surface area contributed by atoms with Crippen LogP contribution >= 0.6 is 0 Å². The second-order valence-electron chi connectivity index (χ2n) is 17.5. The van der Waals surface area contributed by atoms with Crippen LogP contribution in [0.15, 0.2) is 206 Å². The first-order chi connectivity index (χ1) is 30.3. The predicted octanol–water partition coefficient (Wildman–Crippen LogP) is 15.4. The van der Waals surface area contributed by atoms with Gasteiger partial charge in [0.2, 0.25) is 0 Å². The quantitative estimate of drug-likeness (QED) is 0.168. The van der Waals surface area contributed by atoms with Gasteiger partial charge in [-0.1, -0.05) is 185 Å². The Morgan fingerprint density at radius 1 is 0.306 bits per heavy atom. The molecule has 9 aromatic rings. The Morgan fingerprint density at radius 3 is 1.08 bits per heavy atom. The van der Waals surface area contributed by atoms with E-state index in [1.54, 1.807) is 0 Å². The number of anilines is 6. The highest BCUT2D eigenvalue weighted by molar-refractivity contribution is 5.93. The highest BCUT2D eigenvalue weighted by Crippen LogP contribution is 2.55. The summed E-state index contributed by atoms with van der Waals surface area (Å²) in [6.45, 7) is 9.36. The molecular weight excluding hydrogens is 753 g/mol. The fraction of sp³-hybridized carbons (Fsp3) is 0.103. The summed E-state index contributed by atoms with van der Waals surface area (Å²) in [7, 11) is 0. The number of fused-ring (bicyclic) bond motifs is 4. The van der Waals surface area contributed by atoms with Gasteiger partial charge in [0.25, 0.3) is 0 Å². The number of benzene rings is 8. The minimum Gasteiger partial charge on any atom is -0.310 e. The topological polar surface area (TPSA) is 32.3 Å². The molecule has 0 spiro atoms. The molecule has 0 N–H and O–H groups in total. The van der Waals surface area contributed by atoms with Crippen LogP contribution in [0, 0.1) is 0 Å². The fourth-order valence-electron chi connectivity index (χ4n) is 9.82. The van der Waals surface area contributed by atoms with Crippen LogP contribution in [0.25, 0.3) is 45.0 Å². The first-order valence-corrected chi connectivity index (χ1v) is 21.5. The summed E-state index contributed by atoms with van der Waals surface area (Å²) in [5, 5.41) is 0. The second kappa shape index (κ2) is 14.6. The van der Waals surface area contributed by atoms with Crippen LogP contribution in [-0.2, 0) is 10.8 Å². The van der Waals surface area contributed by atoms with Gasteiger partial charge in [-0.2, -0.15) is 0 Å². The number of hydrogen-bond donors (Lipinski definition) is 0. The summed E-state index contributed by atoms with van der Waals surface area (Å²) < 4.78 is 0. The van der Waals surface area contributed by atoms with Crippen LogP contribution < -0.4 is 9.80 Å². The largest absolute Gasteiger partial charge is 0.310 e. The zero-order valence-electron chi connectivity index (χ0n) is 35.4. The van der Waals surface area contributed by atoms with Gasteiger partial charge < -0.3 is 9.80 Å². The van der Waals surface area contributed by atoms with Crippen molar-refractivity contribution in [2.24, 2.45) is 0 Å². The van der Waals surface area contributed by atoms with Gasteiger partial charge in [-0.3, -0.25) is 0 Å². The minimum atomic E-state index is -0.192. The molecule has 0 unspecified atom stereocenters. The molecular formula is C58H46N4. The highest BCUT2D eigenvalue weighted by atomic mass is 15.2. The van der Waals surface area contributed by atoms with E-state index in [0.717, 1.165) is 45.0 Å². The Labute approximate surface area is 364 Å². The molecule has 2 aliphatic rings. The van der Waals surface area contributed by atoms with Gasteiger partial charge in [-0.05, 0) is 81.9 Å². The molecule has 0 saturated carbocycles. The molecule has 0 fully saturated rings. The minimum absolute atomic E-state index is 0.192. The van der Waals surface area contributed by atoms with Gasteiger partial charge in [-0.15, -0.1) is 0 Å². The number of rotatable bonds is 6. The summed E-state index contributed by atoms with van der Waals surface area (Å²) in [5.41, 5.74) is 18.6. The van der Waals surface area contributed by atoms with Crippen molar-refractivity contribution in [1.82, 2.24) is 9.97 Å². The Balaban J connectivity index is 1.17. The SMILES string of the molecule is CC1(C)c2ccccc2N(c2cc(-c3cc(-c4ccccc4)nc(-c4ccc(-c5ccccc5)cc4)n3)cc(N3c4ccccc4C(C)(C)c4ccccc43)c2)c2ccccc21. The zero-order chi connectivity index (χ0) is 42.0. The van der Waals surface area contributed by atoms with Gasteiger partial charge in [0, 0.05) is 38.9 Å². The van der Waals surface area contributed by atoms with E-state index in [4.69, 9.17) is 9.97 Å². The third-order valence-electron chi connectivity index (χ3n) is 13.0. The standard InChI is InChI=1S/C58H46N4/c1-57(2)46-23-11-15-27-52(46)61(53-28-16-12-24-47(53)57)44-35-43(36-45(37-44)62-54-29-17-13-25-48(54)58(3,4)49-26-14-18-30-55(49)62)51-38-50(41-21-9-6-10-22-41)59-56(60-51)42-33-31-40(32-34-42)39-19-7-5-8-20-39/h5-38H,1-4H3. The maximum absolute atomic E-state index is 5.45. The van der Waals surface area contributed by atoms with Crippen molar-refractivity contribution in [3.63, 3.8) is 0 Å². The van der Waals surface area contributed by atoms with Crippen LogP contribution in [0.3, 0.4) is 0 Å². The third kappa shape index (κ3) is 6.13. The predicted molar refractivity (Wildman–Crippen MR) is 257 cm³/mol. The summed E-state index contributed by atoms with van der Waals surface area (Å²) >= 11 is 0. The van der Waals surface area contributed by atoms with Gasteiger partial charge >= 0.3 is 0 Å². The van der Waals surface area contributed by atoms with E-state index in [-0.39, 0.29) is 10.8 Å². The Bertz CT molecular complexity index is 2910. The van der Waals surface area contributed by atoms with Crippen molar-refractivity contribution in [1.29, 1.82) is 0 Å². The zero-order valence-corrected chi connectivity index (χ0v) is 35.4. The second-order valence-corrected chi connectivity index (χ2v) is 17.5. The van der Waals surface area contributed by atoms with E-state index in [0.29, 0.717) is 5.82 Å². The number of nitrogens with zero attached hydrogens (tertiary/aromatic N) is 4. The molecule has 62 heavy (non-hydrogen) atoms. The first kappa shape index (κ1) is 37.4. The molecule has 298 valence electrons. The molecule has 4 heteroatoms. The van der Waals surface area contributed by atoms with Crippen molar-refractivity contribution in [3.8, 4) is 45.0 Å². The fourth-order valence-corrected chi connectivity index (χ4v) is 9.82. The van der Waals surface area contributed by atoms with Crippen molar-refractivity contribution < 1.29 is 0 Å². The molecule has 8 aromatic carbocycles. The molecule has 0 radical (unpaired) electrons. The van der Waals surface area contributed by atoms with Crippen molar-refractivity contribution >= 4 is 34.1 Å². The molecule has 11 rings (SSSR count). The van der Waals surface area contributed by atoms with Crippen LogP contribution in [0.2, 0.25) is 0 Å². The van der Waals surface area contributed by atoms with Gasteiger partial charge in [0.05, 0.1) is 34.1 Å². The average Bonchev–Trinajstić information content (AvgIpc) is 3.32. The lowest BCUT2D eigenvalue weighted by Crippen LogP contribution is -2.31. The van der Waals surface area contributed by atoms with Gasteiger partial charge in [0.1, 0.15) is 0 Å². The third-order valence-corrected chi connectivity index (χ3v) is 13.0. The van der Waals surface area contributed by atoms with Gasteiger partial charge in [0.15, 0.2) is 5.82 Å². The molecule has 4 nitrogen and oxygen atoms in total. The lowest BCUT2D eigenvalue weighted by atomic mass is 9.73.